The van der Waals surface area contributed by atoms with Crippen LogP contribution in [0.2, 0.25) is 0 Å². The second-order valence-corrected chi connectivity index (χ2v) is 9.94. The maximum atomic E-state index is 13.6. The highest BCUT2D eigenvalue weighted by Crippen LogP contribution is 2.37. The first kappa shape index (κ1) is 26.2. The van der Waals surface area contributed by atoms with Crippen LogP contribution < -0.4 is 15.0 Å². The molecule has 0 unspecified atom stereocenters. The topological polar surface area (TPSA) is 124 Å². The average molecular weight is 540 g/mol. The zero-order valence-corrected chi connectivity index (χ0v) is 22.3. The van der Waals surface area contributed by atoms with Gasteiger partial charge in [-0.15, -0.1) is 17.9 Å². The number of allylic oxidation sites excluding steroid dienone is 1. The Morgan fingerprint density at radius 1 is 1.24 bits per heavy atom. The molecule has 0 spiro atoms. The molecule has 0 atom stereocenters. The number of hydrogen-bond donors (Lipinski definition) is 2. The first-order valence-corrected chi connectivity index (χ1v) is 13.0. The van der Waals surface area contributed by atoms with Crippen LogP contribution in [0.1, 0.15) is 32.1 Å². The van der Waals surface area contributed by atoms with Gasteiger partial charge in [0.1, 0.15) is 4.83 Å². The second-order valence-electron chi connectivity index (χ2n) is 8.14. The van der Waals surface area contributed by atoms with Gasteiger partial charge in [-0.1, -0.05) is 23.9 Å². The van der Waals surface area contributed by atoms with Crippen molar-refractivity contribution >= 4 is 45.1 Å². The highest BCUT2D eigenvalue weighted by atomic mass is 32.2. The number of carboxylic acids is 1. The number of benzene rings is 1. The highest BCUT2D eigenvalue weighted by Gasteiger charge is 2.23. The predicted octanol–water partition coefficient (Wildman–Crippen LogP) is 4.95. The number of hydrogen-bond acceptors (Lipinski definition) is 8. The molecule has 0 aliphatic carbocycles. The smallest absolute Gasteiger partial charge is 0.337 e. The number of ketones is 1. The lowest BCUT2D eigenvalue weighted by atomic mass is 10.1. The minimum atomic E-state index is -1.09. The largest absolute Gasteiger partial charge is 0.493 e. The van der Waals surface area contributed by atoms with Crippen LogP contribution in [0.5, 0.6) is 11.5 Å². The number of aromatic carboxylic acids is 1. The van der Waals surface area contributed by atoms with E-state index in [1.807, 2.05) is 17.5 Å². The van der Waals surface area contributed by atoms with Gasteiger partial charge in [0, 0.05) is 23.2 Å². The molecule has 0 aliphatic heterocycles. The normalized spacial score (nSPS) is 11.0. The Bertz CT molecular complexity index is 1600. The number of carbonyl (C=O) groups is 2. The highest BCUT2D eigenvalue weighted by molar-refractivity contribution is 7.99. The van der Waals surface area contributed by atoms with E-state index in [1.54, 1.807) is 40.2 Å². The van der Waals surface area contributed by atoms with Crippen molar-refractivity contribution in [2.75, 3.05) is 20.0 Å². The number of methoxy groups -OCH3 is 2. The van der Waals surface area contributed by atoms with Gasteiger partial charge in [-0.25, -0.2) is 9.78 Å². The van der Waals surface area contributed by atoms with Gasteiger partial charge in [0.05, 0.1) is 36.6 Å². The van der Waals surface area contributed by atoms with Gasteiger partial charge in [-0.05, 0) is 37.1 Å². The molecule has 0 saturated carbocycles. The summed E-state index contributed by atoms with van der Waals surface area (Å²) in [5.41, 5.74) is 2.41. The monoisotopic (exact) mass is 539 g/mol. The summed E-state index contributed by atoms with van der Waals surface area (Å²) in [5, 5.41) is 12.1. The van der Waals surface area contributed by atoms with Crippen LogP contribution in [0.4, 0.5) is 0 Å². The number of nitrogens with zero attached hydrogens (tertiary/aromatic N) is 2. The molecule has 11 heteroatoms. The molecule has 0 saturated heterocycles. The maximum Gasteiger partial charge on any atom is 0.337 e. The van der Waals surface area contributed by atoms with Gasteiger partial charge in [-0.3, -0.25) is 14.2 Å². The number of carboxylic acid groups (broad SMARTS) is 1. The number of aryl methyl sites for hydroxylation is 1. The van der Waals surface area contributed by atoms with Crippen molar-refractivity contribution in [2.24, 2.45) is 0 Å². The lowest BCUT2D eigenvalue weighted by Gasteiger charge is -2.11. The molecule has 0 aliphatic rings. The van der Waals surface area contributed by atoms with E-state index in [0.717, 1.165) is 22.9 Å². The standard InChI is InChI=1S/C26H25N3O6S2/c1-6-9-29-24(31)21-16(15-7-8-18(34-4)19(10-15)35-5)11-36-23(21)28-26(29)37-12-17(30)22-13(2)20(25(32)33)14(3)27-22/h6-8,10-11,27H,1,9,12H2,2-5H3,(H,32,33). The number of nitrogens with one attached hydrogen (secondary N) is 1. The SMILES string of the molecule is C=CCn1c(SCC(=O)c2[nH]c(C)c(C(=O)O)c2C)nc2scc(-c3ccc(OC)c(OC)c3)c2c1=O. The van der Waals surface area contributed by atoms with E-state index in [2.05, 4.69) is 11.6 Å². The molecule has 1 aromatic carbocycles. The molecule has 0 amide bonds. The minimum Gasteiger partial charge on any atom is -0.493 e. The molecule has 9 nitrogen and oxygen atoms in total. The number of thiophene rings is 1. The van der Waals surface area contributed by atoms with Crippen molar-refractivity contribution in [3.8, 4) is 22.6 Å². The Balaban J connectivity index is 1.72. The molecule has 2 N–H and O–H groups in total. The van der Waals surface area contributed by atoms with Gasteiger partial charge in [-0.2, -0.15) is 0 Å². The fraction of sp³-hybridized carbons (Fsp3) is 0.231. The fourth-order valence-electron chi connectivity index (χ4n) is 4.17. The van der Waals surface area contributed by atoms with E-state index >= 15 is 0 Å². The van der Waals surface area contributed by atoms with E-state index < -0.39 is 5.97 Å². The van der Waals surface area contributed by atoms with Gasteiger partial charge < -0.3 is 19.6 Å². The number of thioether (sulfide) groups is 1. The van der Waals surface area contributed by atoms with Crippen LogP contribution in [0.25, 0.3) is 21.3 Å². The summed E-state index contributed by atoms with van der Waals surface area (Å²) < 4.78 is 12.2. The van der Waals surface area contributed by atoms with Gasteiger partial charge >= 0.3 is 5.97 Å². The third-order valence-electron chi connectivity index (χ3n) is 5.93. The van der Waals surface area contributed by atoms with Crippen molar-refractivity contribution < 1.29 is 24.2 Å². The predicted molar refractivity (Wildman–Crippen MR) is 145 cm³/mol. The number of H-pyrrole nitrogens is 1. The second kappa shape index (κ2) is 10.7. The Hall–Kier alpha value is -3.83. The van der Waals surface area contributed by atoms with E-state index in [0.29, 0.717) is 38.1 Å². The summed E-state index contributed by atoms with van der Waals surface area (Å²) in [4.78, 5) is 46.2. The maximum absolute atomic E-state index is 13.6. The number of rotatable bonds is 10. The Kier molecular flexibility index (Phi) is 7.55. The number of aromatic nitrogens is 3. The average Bonchev–Trinajstić information content (AvgIpc) is 3.44. The zero-order chi connectivity index (χ0) is 26.9. The summed E-state index contributed by atoms with van der Waals surface area (Å²) in [5.74, 6) is -0.268. The van der Waals surface area contributed by atoms with E-state index in [4.69, 9.17) is 14.5 Å². The number of fused-ring (bicyclic) bond motifs is 1. The Labute approximate surface area is 220 Å². The van der Waals surface area contributed by atoms with Crippen LogP contribution in [0, 0.1) is 13.8 Å². The lowest BCUT2D eigenvalue weighted by Crippen LogP contribution is -2.23. The molecule has 3 heterocycles. The number of ether oxygens (including phenoxy) is 2. The van der Waals surface area contributed by atoms with Gasteiger partial charge in [0.2, 0.25) is 0 Å². The zero-order valence-electron chi connectivity index (χ0n) is 20.7. The molecule has 0 bridgehead atoms. The quantitative estimate of drug-likeness (QED) is 0.126. The van der Waals surface area contributed by atoms with Crippen molar-refractivity contribution in [2.45, 2.75) is 25.5 Å². The lowest BCUT2D eigenvalue weighted by molar-refractivity contribution is 0.0695. The third-order valence-corrected chi connectivity index (χ3v) is 7.78. The third kappa shape index (κ3) is 4.79. The minimum absolute atomic E-state index is 0.0249. The summed E-state index contributed by atoms with van der Waals surface area (Å²) in [6.07, 6.45) is 1.60. The van der Waals surface area contributed by atoms with Crippen molar-refractivity contribution in [3.05, 3.63) is 69.1 Å². The molecular weight excluding hydrogens is 514 g/mol. The van der Waals surface area contributed by atoms with Crippen LogP contribution in [-0.2, 0) is 6.54 Å². The van der Waals surface area contributed by atoms with E-state index in [9.17, 15) is 19.5 Å². The molecule has 37 heavy (non-hydrogen) atoms. The molecule has 192 valence electrons. The molecule has 3 aromatic heterocycles. The molecular formula is C26H25N3O6S2. The van der Waals surface area contributed by atoms with Gasteiger partial charge in [0.15, 0.2) is 22.4 Å². The summed E-state index contributed by atoms with van der Waals surface area (Å²) >= 11 is 2.46. The van der Waals surface area contributed by atoms with Crippen LogP contribution in [0.15, 0.2) is 46.2 Å². The summed E-state index contributed by atoms with van der Waals surface area (Å²) in [7, 11) is 3.11. The van der Waals surface area contributed by atoms with E-state index in [-0.39, 0.29) is 34.9 Å². The summed E-state index contributed by atoms with van der Waals surface area (Å²) in [6.45, 7) is 7.19. The number of carbonyl (C=O) groups excluding carboxylic acids is 1. The van der Waals surface area contributed by atoms with Crippen LogP contribution in [-0.4, -0.2) is 51.4 Å². The first-order valence-electron chi connectivity index (χ1n) is 11.2. The molecule has 0 radical (unpaired) electrons. The van der Waals surface area contributed by atoms with Crippen LogP contribution >= 0.6 is 23.1 Å². The Morgan fingerprint density at radius 3 is 2.59 bits per heavy atom. The Morgan fingerprint density at radius 2 is 1.97 bits per heavy atom. The number of Topliss-reactive ketones (excluding diaryl/α,β-unsaturated/α-hetero) is 1. The molecule has 0 fully saturated rings. The number of aromatic amines is 1. The van der Waals surface area contributed by atoms with Crippen molar-refractivity contribution in [1.29, 1.82) is 0 Å². The molecule has 4 aromatic rings. The fourth-order valence-corrected chi connectivity index (χ4v) is 6.04. The van der Waals surface area contributed by atoms with Crippen molar-refractivity contribution in [1.82, 2.24) is 14.5 Å². The molecule has 4 rings (SSSR count). The van der Waals surface area contributed by atoms with E-state index in [1.165, 1.54) is 15.9 Å². The van der Waals surface area contributed by atoms with Crippen LogP contribution in [0.3, 0.4) is 0 Å². The van der Waals surface area contributed by atoms with Gasteiger partial charge in [0.25, 0.3) is 5.56 Å². The first-order chi connectivity index (χ1) is 17.7. The van der Waals surface area contributed by atoms with Crippen molar-refractivity contribution in [3.63, 3.8) is 0 Å². The summed E-state index contributed by atoms with van der Waals surface area (Å²) in [6, 6.07) is 5.45.